The maximum absolute atomic E-state index is 14.0. The van der Waals surface area contributed by atoms with Gasteiger partial charge in [-0.1, -0.05) is 30.3 Å². The molecule has 160 valence electrons. The Labute approximate surface area is 174 Å². The minimum Gasteiger partial charge on any atom is -0.366 e. The smallest absolute Gasteiger partial charge is 0.287 e. The lowest BCUT2D eigenvalue weighted by atomic mass is 10.0. The highest BCUT2D eigenvalue weighted by Crippen LogP contribution is 2.34. The average Bonchev–Trinajstić information content (AvgIpc) is 3.12. The van der Waals surface area contributed by atoms with Gasteiger partial charge in [-0.05, 0) is 30.2 Å². The Morgan fingerprint density at radius 3 is 2.57 bits per heavy atom. The maximum atomic E-state index is 14.0. The summed E-state index contributed by atoms with van der Waals surface area (Å²) in [5.41, 5.74) is 2.13. The Kier molecular flexibility index (Phi) is 5.27. The van der Waals surface area contributed by atoms with Crippen LogP contribution in [-0.2, 0) is 22.4 Å². The topological polar surface area (TPSA) is 69.3 Å². The number of piperazine rings is 1. The largest absolute Gasteiger partial charge is 0.366 e. The number of aromatic nitrogens is 2. The van der Waals surface area contributed by atoms with Crippen molar-refractivity contribution in [1.29, 1.82) is 0 Å². The number of aromatic amines is 1. The van der Waals surface area contributed by atoms with Crippen LogP contribution in [0.5, 0.6) is 0 Å². The Bertz CT molecular complexity index is 1140. The van der Waals surface area contributed by atoms with Gasteiger partial charge >= 0.3 is 0 Å². The van der Waals surface area contributed by atoms with Crippen molar-refractivity contribution < 1.29 is 17.2 Å². The SMILES string of the molecule is CC(F)(F)c1[nH]nc2ccc(N3CCN(S(C)(=O)=O)C[C@H]3Cc3ccccc3)cc12. The Hall–Kier alpha value is -2.52. The quantitative estimate of drug-likeness (QED) is 0.669. The van der Waals surface area contributed by atoms with Crippen molar-refractivity contribution in [2.75, 3.05) is 30.8 Å². The zero-order valence-corrected chi connectivity index (χ0v) is 17.7. The minimum absolute atomic E-state index is 0.120. The molecule has 0 unspecified atom stereocenters. The van der Waals surface area contributed by atoms with Gasteiger partial charge in [0.25, 0.3) is 5.92 Å². The predicted molar refractivity (Wildman–Crippen MR) is 113 cm³/mol. The van der Waals surface area contributed by atoms with E-state index in [0.29, 0.717) is 37.0 Å². The third-order valence-corrected chi connectivity index (χ3v) is 6.81. The zero-order chi connectivity index (χ0) is 21.5. The van der Waals surface area contributed by atoms with Gasteiger partial charge < -0.3 is 4.90 Å². The van der Waals surface area contributed by atoms with Gasteiger partial charge in [-0.3, -0.25) is 5.10 Å². The van der Waals surface area contributed by atoms with E-state index in [2.05, 4.69) is 15.1 Å². The molecule has 30 heavy (non-hydrogen) atoms. The normalized spacial score (nSPS) is 18.8. The first-order valence-corrected chi connectivity index (χ1v) is 11.6. The van der Waals surface area contributed by atoms with E-state index in [1.54, 1.807) is 12.1 Å². The third-order valence-electron chi connectivity index (χ3n) is 5.54. The van der Waals surface area contributed by atoms with Crippen molar-refractivity contribution in [3.8, 4) is 0 Å². The molecule has 1 N–H and O–H groups in total. The van der Waals surface area contributed by atoms with Crippen LogP contribution >= 0.6 is 0 Å². The fourth-order valence-corrected chi connectivity index (χ4v) is 4.90. The second kappa shape index (κ2) is 7.63. The summed E-state index contributed by atoms with van der Waals surface area (Å²) in [4.78, 5) is 2.11. The van der Waals surface area contributed by atoms with E-state index < -0.39 is 15.9 Å². The van der Waals surface area contributed by atoms with Crippen LogP contribution < -0.4 is 4.90 Å². The second-order valence-electron chi connectivity index (χ2n) is 7.85. The number of anilines is 1. The molecule has 0 bridgehead atoms. The summed E-state index contributed by atoms with van der Waals surface area (Å²) in [6, 6.07) is 15.0. The van der Waals surface area contributed by atoms with Crippen molar-refractivity contribution in [1.82, 2.24) is 14.5 Å². The molecule has 1 fully saturated rings. The van der Waals surface area contributed by atoms with Crippen LogP contribution in [0.25, 0.3) is 10.9 Å². The number of alkyl halides is 2. The lowest BCUT2D eigenvalue weighted by Crippen LogP contribution is -2.55. The molecule has 1 atom stereocenters. The van der Waals surface area contributed by atoms with Gasteiger partial charge in [0.05, 0.1) is 11.8 Å². The van der Waals surface area contributed by atoms with Crippen molar-refractivity contribution in [2.45, 2.75) is 25.3 Å². The number of sulfonamides is 1. The summed E-state index contributed by atoms with van der Waals surface area (Å²) in [6.07, 6.45) is 1.86. The molecule has 4 rings (SSSR count). The van der Waals surface area contributed by atoms with Crippen LogP contribution in [0.2, 0.25) is 0 Å². The summed E-state index contributed by atoms with van der Waals surface area (Å²) in [7, 11) is -3.32. The fourth-order valence-electron chi connectivity index (χ4n) is 4.04. The highest BCUT2D eigenvalue weighted by atomic mass is 32.2. The molecule has 3 aromatic rings. The van der Waals surface area contributed by atoms with Crippen LogP contribution in [0.3, 0.4) is 0 Å². The Morgan fingerprint density at radius 1 is 1.17 bits per heavy atom. The van der Waals surface area contributed by atoms with E-state index in [4.69, 9.17) is 0 Å². The second-order valence-corrected chi connectivity index (χ2v) is 9.83. The predicted octanol–water partition coefficient (Wildman–Crippen LogP) is 3.37. The van der Waals surface area contributed by atoms with Gasteiger partial charge in [-0.15, -0.1) is 0 Å². The van der Waals surface area contributed by atoms with E-state index in [1.807, 2.05) is 36.4 Å². The van der Waals surface area contributed by atoms with Gasteiger partial charge in [0, 0.05) is 43.7 Å². The third kappa shape index (κ3) is 4.17. The Morgan fingerprint density at radius 2 is 1.90 bits per heavy atom. The van der Waals surface area contributed by atoms with E-state index in [9.17, 15) is 17.2 Å². The number of nitrogens with one attached hydrogen (secondary N) is 1. The van der Waals surface area contributed by atoms with Gasteiger partial charge in [0.1, 0.15) is 5.69 Å². The molecule has 1 aromatic heterocycles. The fraction of sp³-hybridized carbons (Fsp3) is 0.381. The first kappa shape index (κ1) is 20.7. The van der Waals surface area contributed by atoms with E-state index >= 15 is 0 Å². The lowest BCUT2D eigenvalue weighted by molar-refractivity contribution is 0.0142. The first-order valence-electron chi connectivity index (χ1n) is 9.75. The average molecular weight is 435 g/mol. The molecule has 6 nitrogen and oxygen atoms in total. The summed E-state index contributed by atoms with van der Waals surface area (Å²) < 4.78 is 53.7. The summed E-state index contributed by atoms with van der Waals surface area (Å²) in [6.45, 7) is 2.01. The summed E-state index contributed by atoms with van der Waals surface area (Å²) in [5.74, 6) is -3.04. The maximum Gasteiger partial charge on any atom is 0.287 e. The van der Waals surface area contributed by atoms with E-state index in [0.717, 1.165) is 18.2 Å². The number of rotatable bonds is 5. The molecule has 1 aliphatic rings. The number of hydrogen-bond acceptors (Lipinski definition) is 4. The number of benzene rings is 2. The number of fused-ring (bicyclic) bond motifs is 1. The zero-order valence-electron chi connectivity index (χ0n) is 16.8. The molecule has 9 heteroatoms. The summed E-state index contributed by atoms with van der Waals surface area (Å²) in [5, 5.41) is 6.83. The molecule has 1 aliphatic heterocycles. The highest BCUT2D eigenvalue weighted by molar-refractivity contribution is 7.88. The molecular weight excluding hydrogens is 410 g/mol. The van der Waals surface area contributed by atoms with Crippen molar-refractivity contribution >= 4 is 26.6 Å². The van der Waals surface area contributed by atoms with Crippen LogP contribution in [0.4, 0.5) is 14.5 Å². The van der Waals surface area contributed by atoms with Gasteiger partial charge in [-0.25, -0.2) is 8.42 Å². The number of nitrogens with zero attached hydrogens (tertiary/aromatic N) is 3. The summed E-state index contributed by atoms with van der Waals surface area (Å²) >= 11 is 0. The first-order chi connectivity index (χ1) is 14.1. The number of hydrogen-bond donors (Lipinski definition) is 1. The van der Waals surface area contributed by atoms with Crippen molar-refractivity contribution in [3.05, 3.63) is 59.8 Å². The molecule has 0 aliphatic carbocycles. The lowest BCUT2D eigenvalue weighted by Gasteiger charge is -2.42. The number of H-pyrrole nitrogens is 1. The monoisotopic (exact) mass is 434 g/mol. The molecular formula is C21H24F2N4O2S. The van der Waals surface area contributed by atoms with Crippen molar-refractivity contribution in [2.24, 2.45) is 0 Å². The van der Waals surface area contributed by atoms with Crippen molar-refractivity contribution in [3.63, 3.8) is 0 Å². The van der Waals surface area contributed by atoms with Crippen LogP contribution in [0, 0.1) is 0 Å². The molecule has 2 heterocycles. The van der Waals surface area contributed by atoms with Gasteiger partial charge in [0.15, 0.2) is 0 Å². The standard InChI is InChI=1S/C21H24F2N4O2S/c1-21(22,23)20-18-13-16(8-9-19(18)24-25-20)27-11-10-26(30(2,28)29)14-17(27)12-15-6-4-3-5-7-15/h3-9,13,17H,10-12,14H2,1-2H3,(H,24,25)/t17-/m1/s1. The van der Waals surface area contributed by atoms with E-state index in [1.165, 1.54) is 10.6 Å². The highest BCUT2D eigenvalue weighted by Gasteiger charge is 2.33. The molecule has 0 radical (unpaired) electrons. The van der Waals surface area contributed by atoms with Crippen LogP contribution in [0.15, 0.2) is 48.5 Å². The van der Waals surface area contributed by atoms with Gasteiger partial charge in [0.2, 0.25) is 10.0 Å². The Balaban J connectivity index is 1.71. The van der Waals surface area contributed by atoms with Gasteiger partial charge in [-0.2, -0.15) is 18.2 Å². The van der Waals surface area contributed by atoms with Crippen LogP contribution in [-0.4, -0.2) is 54.9 Å². The molecule has 0 amide bonds. The molecule has 1 saturated heterocycles. The van der Waals surface area contributed by atoms with E-state index in [-0.39, 0.29) is 11.7 Å². The molecule has 0 saturated carbocycles. The number of halogens is 2. The van der Waals surface area contributed by atoms with Crippen LogP contribution in [0.1, 0.15) is 18.2 Å². The molecule has 0 spiro atoms. The minimum atomic E-state index is -3.32. The molecule has 2 aromatic carbocycles.